The minimum Gasteiger partial charge on any atom is -0.341 e. The zero-order chi connectivity index (χ0) is 16.4. The van der Waals surface area contributed by atoms with Gasteiger partial charge in [0, 0.05) is 23.9 Å². The lowest BCUT2D eigenvalue weighted by Gasteiger charge is -2.26. The molecule has 23 heavy (non-hydrogen) atoms. The number of nitrogens with zero attached hydrogens (tertiary/aromatic N) is 1. The van der Waals surface area contributed by atoms with E-state index < -0.39 is 10.8 Å². The summed E-state index contributed by atoms with van der Waals surface area (Å²) in [7, 11) is -1.25. The number of hydrogen-bond donors (Lipinski definition) is 0. The fourth-order valence-corrected chi connectivity index (χ4v) is 5.04. The van der Waals surface area contributed by atoms with Crippen molar-refractivity contribution in [2.45, 2.75) is 55.6 Å². The van der Waals surface area contributed by atoms with Crippen LogP contribution in [0.5, 0.6) is 0 Å². The van der Waals surface area contributed by atoms with Crippen LogP contribution in [0.2, 0.25) is 0 Å². The van der Waals surface area contributed by atoms with Crippen LogP contribution in [0, 0.1) is 18.7 Å². The highest BCUT2D eigenvalue weighted by Gasteiger charge is 2.34. The molecule has 1 amide bonds. The number of hydrogen-bond acceptors (Lipinski definition) is 2. The predicted octanol–water partition coefficient (Wildman–Crippen LogP) is 3.42. The molecule has 0 bridgehead atoms. The van der Waals surface area contributed by atoms with Gasteiger partial charge in [0.15, 0.2) is 0 Å². The summed E-state index contributed by atoms with van der Waals surface area (Å²) in [5.41, 5.74) is 0.561. The lowest BCUT2D eigenvalue weighted by molar-refractivity contribution is -0.135. The molecule has 1 aliphatic heterocycles. The number of benzene rings is 1. The number of halogens is 1. The molecule has 1 saturated carbocycles. The van der Waals surface area contributed by atoms with E-state index in [1.807, 2.05) is 4.90 Å². The van der Waals surface area contributed by atoms with Crippen LogP contribution in [0.4, 0.5) is 4.39 Å². The highest BCUT2D eigenvalue weighted by molar-refractivity contribution is 7.85. The molecule has 2 atom stereocenters. The van der Waals surface area contributed by atoms with Crippen molar-refractivity contribution in [3.63, 3.8) is 0 Å². The van der Waals surface area contributed by atoms with Crippen LogP contribution < -0.4 is 0 Å². The first-order valence-electron chi connectivity index (χ1n) is 8.52. The summed E-state index contributed by atoms with van der Waals surface area (Å²) in [6.07, 6.45) is 6.24. The highest BCUT2D eigenvalue weighted by Crippen LogP contribution is 2.28. The molecule has 1 saturated heterocycles. The summed E-state index contributed by atoms with van der Waals surface area (Å²) < 4.78 is 26.3. The molecule has 3 rings (SSSR count). The lowest BCUT2D eigenvalue weighted by Crippen LogP contribution is -2.36. The van der Waals surface area contributed by atoms with Crippen molar-refractivity contribution in [3.05, 3.63) is 29.6 Å². The van der Waals surface area contributed by atoms with E-state index in [1.54, 1.807) is 19.1 Å². The number of amides is 1. The number of aryl methyl sites for hydroxylation is 1. The van der Waals surface area contributed by atoms with E-state index in [-0.39, 0.29) is 22.9 Å². The first kappa shape index (κ1) is 16.6. The Hall–Kier alpha value is -1.23. The third-order valence-electron chi connectivity index (χ3n) is 5.09. The normalized spacial score (nSPS) is 23.9. The van der Waals surface area contributed by atoms with Gasteiger partial charge in [0.25, 0.3) is 0 Å². The fourth-order valence-electron chi connectivity index (χ4n) is 3.60. The van der Waals surface area contributed by atoms with E-state index in [9.17, 15) is 13.4 Å². The van der Waals surface area contributed by atoms with Crippen LogP contribution in [0.15, 0.2) is 23.1 Å². The molecule has 1 aliphatic carbocycles. The van der Waals surface area contributed by atoms with Crippen molar-refractivity contribution in [2.24, 2.45) is 5.92 Å². The van der Waals surface area contributed by atoms with Crippen molar-refractivity contribution in [1.82, 2.24) is 4.90 Å². The number of likely N-dealkylation sites (tertiary alicyclic amines) is 1. The average molecular weight is 337 g/mol. The van der Waals surface area contributed by atoms with Gasteiger partial charge in [-0.15, -0.1) is 0 Å². The Morgan fingerprint density at radius 1 is 1.22 bits per heavy atom. The van der Waals surface area contributed by atoms with Crippen LogP contribution in [-0.2, 0) is 15.6 Å². The molecular weight excluding hydrogens is 313 g/mol. The van der Waals surface area contributed by atoms with Crippen molar-refractivity contribution in [1.29, 1.82) is 0 Å². The van der Waals surface area contributed by atoms with Crippen molar-refractivity contribution in [2.75, 3.05) is 13.1 Å². The third-order valence-corrected chi connectivity index (χ3v) is 6.80. The standard InChI is InChI=1S/C18H24FNO2S/c1-13-7-8-15(11-17(13)19)23(22)16-9-10-20(12-16)18(21)14-5-3-2-4-6-14/h7-8,11,14,16H,2-6,9-10,12H2,1H3. The minimum atomic E-state index is -1.25. The van der Waals surface area contributed by atoms with E-state index in [2.05, 4.69) is 0 Å². The zero-order valence-corrected chi connectivity index (χ0v) is 14.4. The zero-order valence-electron chi connectivity index (χ0n) is 13.6. The van der Waals surface area contributed by atoms with Crippen LogP contribution >= 0.6 is 0 Å². The summed E-state index contributed by atoms with van der Waals surface area (Å²) >= 11 is 0. The summed E-state index contributed by atoms with van der Waals surface area (Å²) in [6, 6.07) is 4.78. The molecule has 0 N–H and O–H groups in total. The Morgan fingerprint density at radius 3 is 2.65 bits per heavy atom. The largest absolute Gasteiger partial charge is 0.341 e. The Kier molecular flexibility index (Phi) is 5.14. The molecule has 0 aromatic heterocycles. The maximum atomic E-state index is 13.7. The van der Waals surface area contributed by atoms with Crippen LogP contribution in [-0.4, -0.2) is 33.4 Å². The molecule has 1 aromatic carbocycles. The van der Waals surface area contributed by atoms with Gasteiger partial charge < -0.3 is 4.90 Å². The Balaban J connectivity index is 1.63. The molecule has 126 valence electrons. The van der Waals surface area contributed by atoms with Crippen LogP contribution in [0.3, 0.4) is 0 Å². The highest BCUT2D eigenvalue weighted by atomic mass is 32.2. The maximum Gasteiger partial charge on any atom is 0.225 e. The molecule has 5 heteroatoms. The molecule has 1 aromatic rings. The SMILES string of the molecule is Cc1ccc(S(=O)C2CCN(C(=O)C3CCCCC3)C2)cc1F. The Labute approximate surface area is 139 Å². The summed E-state index contributed by atoms with van der Waals surface area (Å²) in [4.78, 5) is 15.0. The van der Waals surface area contributed by atoms with E-state index >= 15 is 0 Å². The van der Waals surface area contributed by atoms with E-state index in [0.717, 1.165) is 32.1 Å². The Bertz CT molecular complexity index is 613. The van der Waals surface area contributed by atoms with Crippen molar-refractivity contribution >= 4 is 16.7 Å². The van der Waals surface area contributed by atoms with E-state index in [0.29, 0.717) is 23.5 Å². The molecule has 3 nitrogen and oxygen atoms in total. The maximum absolute atomic E-state index is 13.7. The predicted molar refractivity (Wildman–Crippen MR) is 89.1 cm³/mol. The first-order valence-corrected chi connectivity index (χ1v) is 9.73. The quantitative estimate of drug-likeness (QED) is 0.847. The van der Waals surface area contributed by atoms with Crippen LogP contribution in [0.1, 0.15) is 44.1 Å². The molecule has 2 fully saturated rings. The second kappa shape index (κ2) is 7.12. The average Bonchev–Trinajstić information content (AvgIpc) is 3.07. The Morgan fingerprint density at radius 2 is 1.96 bits per heavy atom. The second-order valence-electron chi connectivity index (χ2n) is 6.74. The topological polar surface area (TPSA) is 37.4 Å². The van der Waals surface area contributed by atoms with Gasteiger partial charge in [0.2, 0.25) is 5.91 Å². The van der Waals surface area contributed by atoms with E-state index in [4.69, 9.17) is 0 Å². The van der Waals surface area contributed by atoms with Gasteiger partial charge in [-0.3, -0.25) is 9.00 Å². The third kappa shape index (κ3) is 3.65. The van der Waals surface area contributed by atoms with Crippen molar-refractivity contribution in [3.8, 4) is 0 Å². The van der Waals surface area contributed by atoms with Crippen LogP contribution in [0.25, 0.3) is 0 Å². The monoisotopic (exact) mass is 337 g/mol. The van der Waals surface area contributed by atoms with Gasteiger partial charge in [-0.2, -0.15) is 0 Å². The summed E-state index contributed by atoms with van der Waals surface area (Å²) in [5.74, 6) is 0.0797. The first-order chi connectivity index (χ1) is 11.1. The van der Waals surface area contributed by atoms with Gasteiger partial charge in [-0.25, -0.2) is 4.39 Å². The van der Waals surface area contributed by atoms with Gasteiger partial charge >= 0.3 is 0 Å². The number of carbonyl (C=O) groups is 1. The molecule has 2 aliphatic rings. The van der Waals surface area contributed by atoms with Crippen molar-refractivity contribution < 1.29 is 13.4 Å². The van der Waals surface area contributed by atoms with Gasteiger partial charge in [-0.1, -0.05) is 25.3 Å². The molecule has 0 spiro atoms. The molecule has 1 heterocycles. The van der Waals surface area contributed by atoms with Gasteiger partial charge in [0.1, 0.15) is 5.82 Å². The lowest BCUT2D eigenvalue weighted by atomic mass is 9.88. The smallest absolute Gasteiger partial charge is 0.225 e. The second-order valence-corrected chi connectivity index (χ2v) is 8.47. The van der Waals surface area contributed by atoms with Gasteiger partial charge in [0.05, 0.1) is 16.0 Å². The number of carbonyl (C=O) groups excluding carboxylic acids is 1. The molecule has 2 unspecified atom stereocenters. The fraction of sp³-hybridized carbons (Fsp3) is 0.611. The van der Waals surface area contributed by atoms with E-state index in [1.165, 1.54) is 12.5 Å². The summed E-state index contributed by atoms with van der Waals surface area (Å²) in [6.45, 7) is 2.92. The molecular formula is C18H24FNO2S. The minimum absolute atomic E-state index is 0.0790. The molecule has 0 radical (unpaired) electrons. The van der Waals surface area contributed by atoms with Gasteiger partial charge in [-0.05, 0) is 43.9 Å². The number of rotatable bonds is 3. The summed E-state index contributed by atoms with van der Waals surface area (Å²) in [5, 5.41) is -0.0790.